The van der Waals surface area contributed by atoms with E-state index >= 15 is 0 Å². The van der Waals surface area contributed by atoms with Gasteiger partial charge in [0.2, 0.25) is 0 Å². The number of rotatable bonds is 2. The van der Waals surface area contributed by atoms with Crippen LogP contribution in [0.4, 0.5) is 0 Å². The van der Waals surface area contributed by atoms with E-state index in [2.05, 4.69) is 4.74 Å². The Kier molecular flexibility index (Phi) is 1.24. The van der Waals surface area contributed by atoms with Crippen LogP contribution in [0.25, 0.3) is 0 Å². The summed E-state index contributed by atoms with van der Waals surface area (Å²) in [6.07, 6.45) is -1.55. The Labute approximate surface area is 46.3 Å². The molecule has 0 radical (unpaired) electrons. The van der Waals surface area contributed by atoms with E-state index in [0.717, 1.165) is 0 Å². The largest absolute Gasteiger partial charge is 0.393 e. The minimum atomic E-state index is -1.55. The first-order valence-corrected chi connectivity index (χ1v) is 2.32. The third kappa shape index (κ3) is 0.714. The molecule has 0 aliphatic carbocycles. The fourth-order valence-electron chi connectivity index (χ4n) is 0.415. The zero-order valence-electron chi connectivity index (χ0n) is 4.24. The van der Waals surface area contributed by atoms with Gasteiger partial charge in [0, 0.05) is 0 Å². The van der Waals surface area contributed by atoms with E-state index in [-0.39, 0.29) is 13.2 Å². The number of hydrogen-bond donors (Lipinski definition) is 3. The lowest BCUT2D eigenvalue weighted by molar-refractivity contribution is -0.109. The highest BCUT2D eigenvalue weighted by atomic mass is 16.6. The average molecular weight is 120 g/mol. The van der Waals surface area contributed by atoms with Crippen LogP contribution in [0.15, 0.2) is 0 Å². The molecule has 1 aliphatic heterocycles. The third-order valence-corrected chi connectivity index (χ3v) is 1.25. The number of hydrogen-bond acceptors (Lipinski definition) is 4. The van der Waals surface area contributed by atoms with Crippen LogP contribution >= 0.6 is 0 Å². The normalized spacial score (nSPS) is 36.0. The Hall–Kier alpha value is -0.160. The summed E-state index contributed by atoms with van der Waals surface area (Å²) in [6, 6.07) is 0. The number of aliphatic hydroxyl groups excluding tert-OH is 2. The molecule has 0 bridgehead atoms. The molecule has 0 saturated carbocycles. The second-order valence-corrected chi connectivity index (χ2v) is 1.89. The summed E-state index contributed by atoms with van der Waals surface area (Å²) >= 11 is 0. The van der Waals surface area contributed by atoms with Crippen molar-refractivity contribution in [2.75, 3.05) is 13.2 Å². The molecule has 48 valence electrons. The van der Waals surface area contributed by atoms with Crippen molar-refractivity contribution in [2.24, 2.45) is 0 Å². The summed E-state index contributed by atoms with van der Waals surface area (Å²) in [7, 11) is 0. The standard InChI is InChI=1S/C4H8O4/c5-1-4(2-8-4)3(6)7/h3,5-7H,1-2H2. The number of aliphatic hydroxyl groups is 3. The van der Waals surface area contributed by atoms with Crippen LogP contribution < -0.4 is 0 Å². The Morgan fingerprint density at radius 2 is 2.12 bits per heavy atom. The second-order valence-electron chi connectivity index (χ2n) is 1.89. The van der Waals surface area contributed by atoms with Gasteiger partial charge in [-0.1, -0.05) is 0 Å². The number of epoxide rings is 1. The van der Waals surface area contributed by atoms with E-state index in [4.69, 9.17) is 15.3 Å². The molecule has 1 aliphatic rings. The van der Waals surface area contributed by atoms with Crippen molar-refractivity contribution < 1.29 is 20.1 Å². The van der Waals surface area contributed by atoms with E-state index in [1.165, 1.54) is 0 Å². The van der Waals surface area contributed by atoms with Gasteiger partial charge in [0.25, 0.3) is 0 Å². The molecule has 4 nitrogen and oxygen atoms in total. The van der Waals surface area contributed by atoms with Crippen molar-refractivity contribution in [3.05, 3.63) is 0 Å². The lowest BCUT2D eigenvalue weighted by atomic mass is 10.2. The minimum absolute atomic E-state index is 0.237. The van der Waals surface area contributed by atoms with E-state index in [0.29, 0.717) is 0 Å². The Bertz CT molecular complexity index is 86.0. The predicted octanol–water partition coefficient (Wildman–Crippen LogP) is -1.94. The van der Waals surface area contributed by atoms with Crippen molar-refractivity contribution in [3.8, 4) is 0 Å². The molecule has 1 unspecified atom stereocenters. The van der Waals surface area contributed by atoms with Crippen molar-refractivity contribution >= 4 is 0 Å². The summed E-state index contributed by atoms with van der Waals surface area (Å²) in [5.41, 5.74) is -1.04. The van der Waals surface area contributed by atoms with Crippen LogP contribution in [0.5, 0.6) is 0 Å². The van der Waals surface area contributed by atoms with Gasteiger partial charge in [0.15, 0.2) is 11.9 Å². The highest BCUT2D eigenvalue weighted by Gasteiger charge is 2.50. The Balaban J connectivity index is 2.41. The molecule has 1 saturated heterocycles. The lowest BCUT2D eigenvalue weighted by Gasteiger charge is -2.08. The maximum Gasteiger partial charge on any atom is 0.186 e. The van der Waals surface area contributed by atoms with Crippen molar-refractivity contribution in [1.29, 1.82) is 0 Å². The van der Waals surface area contributed by atoms with Gasteiger partial charge in [0.1, 0.15) is 0 Å². The second kappa shape index (κ2) is 1.66. The van der Waals surface area contributed by atoms with Crippen LogP contribution in [0, 0.1) is 0 Å². The molecule has 1 atom stereocenters. The first-order chi connectivity index (χ1) is 3.71. The molecule has 3 N–H and O–H groups in total. The first-order valence-electron chi connectivity index (χ1n) is 2.32. The molecular weight excluding hydrogens is 112 g/mol. The first kappa shape index (κ1) is 5.97. The summed E-state index contributed by atoms with van der Waals surface area (Å²) < 4.78 is 4.56. The lowest BCUT2D eigenvalue weighted by Crippen LogP contribution is -2.32. The highest BCUT2D eigenvalue weighted by molar-refractivity contribution is 4.93. The van der Waals surface area contributed by atoms with Gasteiger partial charge >= 0.3 is 0 Å². The van der Waals surface area contributed by atoms with Crippen molar-refractivity contribution in [3.63, 3.8) is 0 Å². The SMILES string of the molecule is OCC1(C(O)O)CO1. The van der Waals surface area contributed by atoms with Crippen LogP contribution in [-0.4, -0.2) is 40.4 Å². The van der Waals surface area contributed by atoms with Gasteiger partial charge < -0.3 is 20.1 Å². The molecule has 0 spiro atoms. The maximum absolute atomic E-state index is 8.41. The molecule has 0 aromatic heterocycles. The molecule has 0 amide bonds. The molecule has 1 fully saturated rings. The molecule has 0 aromatic carbocycles. The number of ether oxygens (including phenoxy) is 1. The molecule has 8 heavy (non-hydrogen) atoms. The van der Waals surface area contributed by atoms with Gasteiger partial charge in [-0.2, -0.15) is 0 Å². The van der Waals surface area contributed by atoms with Gasteiger partial charge in [-0.25, -0.2) is 0 Å². The Morgan fingerprint density at radius 3 is 2.12 bits per heavy atom. The zero-order valence-corrected chi connectivity index (χ0v) is 4.24. The zero-order chi connectivity index (χ0) is 6.20. The van der Waals surface area contributed by atoms with Crippen molar-refractivity contribution in [1.82, 2.24) is 0 Å². The molecule has 0 aromatic rings. The third-order valence-electron chi connectivity index (χ3n) is 1.25. The van der Waals surface area contributed by atoms with Crippen LogP contribution in [0.2, 0.25) is 0 Å². The van der Waals surface area contributed by atoms with Gasteiger partial charge in [0.05, 0.1) is 13.2 Å². The monoisotopic (exact) mass is 120 g/mol. The van der Waals surface area contributed by atoms with Crippen LogP contribution in [0.1, 0.15) is 0 Å². The molecule has 4 heteroatoms. The maximum atomic E-state index is 8.41. The Morgan fingerprint density at radius 1 is 1.62 bits per heavy atom. The van der Waals surface area contributed by atoms with Crippen LogP contribution in [0.3, 0.4) is 0 Å². The van der Waals surface area contributed by atoms with Gasteiger partial charge in [-0.3, -0.25) is 0 Å². The molecule has 1 rings (SSSR count). The summed E-state index contributed by atoms with van der Waals surface area (Å²) in [5.74, 6) is 0. The quantitative estimate of drug-likeness (QED) is 0.293. The van der Waals surface area contributed by atoms with Crippen molar-refractivity contribution in [2.45, 2.75) is 11.9 Å². The smallest absolute Gasteiger partial charge is 0.186 e. The fraction of sp³-hybridized carbons (Fsp3) is 1.00. The van der Waals surface area contributed by atoms with E-state index in [1.54, 1.807) is 0 Å². The highest BCUT2D eigenvalue weighted by Crippen LogP contribution is 2.28. The topological polar surface area (TPSA) is 73.2 Å². The summed E-state index contributed by atoms with van der Waals surface area (Å²) in [6.45, 7) is -0.0914. The predicted molar refractivity (Wildman–Crippen MR) is 24.0 cm³/mol. The van der Waals surface area contributed by atoms with Gasteiger partial charge in [-0.05, 0) is 0 Å². The van der Waals surface area contributed by atoms with E-state index in [1.807, 2.05) is 0 Å². The van der Waals surface area contributed by atoms with Gasteiger partial charge in [-0.15, -0.1) is 0 Å². The fourth-order valence-corrected chi connectivity index (χ4v) is 0.415. The summed E-state index contributed by atoms with van der Waals surface area (Å²) in [5, 5.41) is 25.2. The molecule has 1 heterocycles. The minimum Gasteiger partial charge on any atom is -0.393 e. The van der Waals surface area contributed by atoms with E-state index in [9.17, 15) is 0 Å². The average Bonchev–Trinajstić information content (AvgIpc) is 2.44. The van der Waals surface area contributed by atoms with Crippen LogP contribution in [-0.2, 0) is 4.74 Å². The van der Waals surface area contributed by atoms with E-state index < -0.39 is 11.9 Å². The molecular formula is C4H8O4. The summed E-state index contributed by atoms with van der Waals surface area (Å²) in [4.78, 5) is 0.